The van der Waals surface area contributed by atoms with Gasteiger partial charge in [-0.3, -0.25) is 0 Å². The average Bonchev–Trinajstić information content (AvgIpc) is 2.91. The molecule has 1 aromatic heterocycles. The monoisotopic (exact) mass is 292 g/mol. The molecule has 3 N–H and O–H groups in total. The van der Waals surface area contributed by atoms with Crippen molar-refractivity contribution in [3.05, 3.63) is 23.4 Å². The van der Waals surface area contributed by atoms with E-state index < -0.39 is 0 Å². The number of nitrogens with one attached hydrogen (secondary N) is 1. The molecule has 2 rings (SSSR count). The Kier molecular flexibility index (Phi) is 5.31. The minimum atomic E-state index is 0.418. The van der Waals surface area contributed by atoms with Gasteiger partial charge in [0.05, 0.1) is 0 Å². The van der Waals surface area contributed by atoms with Crippen LogP contribution >= 0.6 is 12.2 Å². The van der Waals surface area contributed by atoms with E-state index in [-0.39, 0.29) is 0 Å². The maximum atomic E-state index is 5.68. The van der Waals surface area contributed by atoms with Crippen LogP contribution in [0.4, 0.5) is 5.82 Å². The molecule has 5 heteroatoms. The molecule has 0 bridgehead atoms. The second-order valence-corrected chi connectivity index (χ2v) is 6.03. The molecule has 0 radical (unpaired) electrons. The van der Waals surface area contributed by atoms with Crippen LogP contribution in [0.5, 0.6) is 0 Å². The molecule has 0 spiro atoms. The Morgan fingerprint density at radius 1 is 1.45 bits per heavy atom. The third-order valence-electron chi connectivity index (χ3n) is 3.96. The molecule has 4 nitrogen and oxygen atoms in total. The van der Waals surface area contributed by atoms with Crippen molar-refractivity contribution in [1.82, 2.24) is 9.88 Å². The van der Waals surface area contributed by atoms with Gasteiger partial charge in [-0.25, -0.2) is 4.98 Å². The van der Waals surface area contributed by atoms with E-state index in [4.69, 9.17) is 18.0 Å². The Hall–Kier alpha value is -1.20. The fraction of sp³-hybridized carbons (Fsp3) is 0.600. The number of thiocarbonyl (C=S) groups is 1. The first-order chi connectivity index (χ1) is 9.56. The average molecular weight is 292 g/mol. The van der Waals surface area contributed by atoms with Crippen molar-refractivity contribution in [3.63, 3.8) is 0 Å². The van der Waals surface area contributed by atoms with Gasteiger partial charge in [0.25, 0.3) is 0 Å². The van der Waals surface area contributed by atoms with Gasteiger partial charge in [-0.1, -0.05) is 25.1 Å². The van der Waals surface area contributed by atoms with Crippen molar-refractivity contribution < 1.29 is 0 Å². The van der Waals surface area contributed by atoms with Crippen molar-refractivity contribution in [2.75, 3.05) is 25.5 Å². The largest absolute Gasteiger partial charge is 0.389 e. The molecule has 0 aromatic carbocycles. The number of nitrogens with two attached hydrogens (primary N) is 1. The number of hydrogen-bond donors (Lipinski definition) is 2. The van der Waals surface area contributed by atoms with E-state index in [0.717, 1.165) is 36.2 Å². The maximum absolute atomic E-state index is 5.68. The third kappa shape index (κ3) is 4.15. The fourth-order valence-corrected chi connectivity index (χ4v) is 2.91. The molecular weight excluding hydrogens is 268 g/mol. The predicted octanol–water partition coefficient (Wildman–Crippen LogP) is 2.31. The standard InChI is InChI=1S/C15H24N4S/c1-11-9-12(15(16)20)10-14(18-11)17-7-8-19(2)13-5-3-4-6-13/h9-10,13H,3-8H2,1-2H3,(H2,16,20)(H,17,18). The lowest BCUT2D eigenvalue weighted by atomic mass is 10.2. The lowest BCUT2D eigenvalue weighted by molar-refractivity contribution is 0.254. The number of aryl methyl sites for hydroxylation is 1. The Bertz CT molecular complexity index is 469. The highest BCUT2D eigenvalue weighted by Crippen LogP contribution is 2.22. The first-order valence-corrected chi connectivity index (χ1v) is 7.69. The Labute approximate surface area is 126 Å². The van der Waals surface area contributed by atoms with E-state index in [2.05, 4.69) is 22.2 Å². The molecule has 1 saturated carbocycles. The van der Waals surface area contributed by atoms with Crippen molar-refractivity contribution in [1.29, 1.82) is 0 Å². The first-order valence-electron chi connectivity index (χ1n) is 7.29. The Balaban J connectivity index is 1.85. The van der Waals surface area contributed by atoms with Crippen molar-refractivity contribution in [3.8, 4) is 0 Å². The zero-order chi connectivity index (χ0) is 14.5. The van der Waals surface area contributed by atoms with E-state index in [1.165, 1.54) is 25.7 Å². The molecule has 1 fully saturated rings. The fourth-order valence-electron chi connectivity index (χ4n) is 2.79. The van der Waals surface area contributed by atoms with Crippen LogP contribution in [0.15, 0.2) is 12.1 Å². The summed E-state index contributed by atoms with van der Waals surface area (Å²) in [6.45, 7) is 3.88. The summed E-state index contributed by atoms with van der Waals surface area (Å²) in [6.07, 6.45) is 5.42. The molecule has 20 heavy (non-hydrogen) atoms. The molecule has 0 atom stereocenters. The molecule has 1 aromatic rings. The van der Waals surface area contributed by atoms with Gasteiger partial charge in [0, 0.05) is 30.4 Å². The highest BCUT2D eigenvalue weighted by molar-refractivity contribution is 7.80. The van der Waals surface area contributed by atoms with E-state index in [1.807, 2.05) is 19.1 Å². The summed E-state index contributed by atoms with van der Waals surface area (Å²) in [5.41, 5.74) is 7.49. The zero-order valence-corrected chi connectivity index (χ0v) is 13.2. The van der Waals surface area contributed by atoms with Gasteiger partial charge in [0.15, 0.2) is 0 Å². The molecule has 1 heterocycles. The molecular formula is C15H24N4S. The van der Waals surface area contributed by atoms with Gasteiger partial charge in [-0.05, 0) is 38.9 Å². The van der Waals surface area contributed by atoms with Gasteiger partial charge in [0.2, 0.25) is 0 Å². The van der Waals surface area contributed by atoms with Crippen LogP contribution in [-0.2, 0) is 0 Å². The quantitative estimate of drug-likeness (QED) is 0.788. The number of hydrogen-bond acceptors (Lipinski definition) is 4. The summed E-state index contributed by atoms with van der Waals surface area (Å²) in [4.78, 5) is 7.33. The number of rotatable bonds is 6. The van der Waals surface area contributed by atoms with E-state index >= 15 is 0 Å². The Morgan fingerprint density at radius 2 is 2.15 bits per heavy atom. The summed E-state index contributed by atoms with van der Waals surface area (Å²) in [5.74, 6) is 0.854. The smallest absolute Gasteiger partial charge is 0.126 e. The van der Waals surface area contributed by atoms with Crippen molar-refractivity contribution in [2.45, 2.75) is 38.6 Å². The minimum absolute atomic E-state index is 0.418. The van der Waals surface area contributed by atoms with Gasteiger partial charge in [-0.15, -0.1) is 0 Å². The molecule has 0 unspecified atom stereocenters. The van der Waals surface area contributed by atoms with Crippen LogP contribution in [0.3, 0.4) is 0 Å². The second-order valence-electron chi connectivity index (χ2n) is 5.59. The minimum Gasteiger partial charge on any atom is -0.389 e. The van der Waals surface area contributed by atoms with Gasteiger partial charge in [0.1, 0.15) is 10.8 Å². The summed E-state index contributed by atoms with van der Waals surface area (Å²) in [7, 11) is 2.21. The molecule has 110 valence electrons. The number of pyridine rings is 1. The van der Waals surface area contributed by atoms with Crippen LogP contribution < -0.4 is 11.1 Å². The topological polar surface area (TPSA) is 54.2 Å². The van der Waals surface area contributed by atoms with E-state index in [1.54, 1.807) is 0 Å². The highest BCUT2D eigenvalue weighted by atomic mass is 32.1. The molecule has 0 saturated heterocycles. The number of nitrogens with zero attached hydrogens (tertiary/aromatic N) is 2. The summed E-state index contributed by atoms with van der Waals surface area (Å²) < 4.78 is 0. The zero-order valence-electron chi connectivity index (χ0n) is 12.4. The van der Waals surface area contributed by atoms with Crippen molar-refractivity contribution >= 4 is 23.0 Å². The second kappa shape index (κ2) is 6.99. The van der Waals surface area contributed by atoms with Crippen LogP contribution in [0.2, 0.25) is 0 Å². The van der Waals surface area contributed by atoms with Crippen molar-refractivity contribution in [2.24, 2.45) is 5.73 Å². The van der Waals surface area contributed by atoms with Gasteiger partial charge >= 0.3 is 0 Å². The van der Waals surface area contributed by atoms with E-state index in [0.29, 0.717) is 4.99 Å². The van der Waals surface area contributed by atoms with Crippen LogP contribution in [0.1, 0.15) is 36.9 Å². The van der Waals surface area contributed by atoms with Crippen LogP contribution in [0, 0.1) is 6.92 Å². The first kappa shape index (κ1) is 15.2. The number of anilines is 1. The molecule has 0 aliphatic heterocycles. The third-order valence-corrected chi connectivity index (χ3v) is 4.19. The highest BCUT2D eigenvalue weighted by Gasteiger charge is 2.18. The predicted molar refractivity (Wildman–Crippen MR) is 88.2 cm³/mol. The number of likely N-dealkylation sites (N-methyl/N-ethyl adjacent to an activating group) is 1. The lowest BCUT2D eigenvalue weighted by Gasteiger charge is -2.24. The summed E-state index contributed by atoms with van der Waals surface area (Å²) >= 11 is 5.02. The molecule has 1 aliphatic carbocycles. The molecule has 0 amide bonds. The SMILES string of the molecule is Cc1cc(C(N)=S)cc(NCCN(C)C2CCCC2)n1. The van der Waals surface area contributed by atoms with Gasteiger partial charge < -0.3 is 16.0 Å². The van der Waals surface area contributed by atoms with Crippen LogP contribution in [-0.4, -0.2) is 41.1 Å². The summed E-state index contributed by atoms with van der Waals surface area (Å²) in [5, 5.41) is 3.37. The lowest BCUT2D eigenvalue weighted by Crippen LogP contribution is -2.33. The maximum Gasteiger partial charge on any atom is 0.126 e. The van der Waals surface area contributed by atoms with Gasteiger partial charge in [-0.2, -0.15) is 0 Å². The summed E-state index contributed by atoms with van der Waals surface area (Å²) in [6, 6.07) is 4.60. The molecule has 1 aliphatic rings. The normalized spacial score (nSPS) is 15.8. The van der Waals surface area contributed by atoms with E-state index in [9.17, 15) is 0 Å². The number of aromatic nitrogens is 1. The Morgan fingerprint density at radius 3 is 2.80 bits per heavy atom. The van der Waals surface area contributed by atoms with Crippen LogP contribution in [0.25, 0.3) is 0 Å².